The highest BCUT2D eigenvalue weighted by Crippen LogP contribution is 2.25. The summed E-state index contributed by atoms with van der Waals surface area (Å²) in [6.45, 7) is 4.91. The van der Waals surface area contributed by atoms with Crippen LogP contribution in [0, 0.1) is 0 Å². The Morgan fingerprint density at radius 2 is 2.08 bits per heavy atom. The van der Waals surface area contributed by atoms with Crippen LogP contribution in [0.25, 0.3) is 0 Å². The van der Waals surface area contributed by atoms with Gasteiger partial charge in [0.15, 0.2) is 5.82 Å². The number of carbonyl (C=O) groups is 2. The second kappa shape index (κ2) is 7.02. The first-order valence-corrected chi connectivity index (χ1v) is 8.03. The molecule has 0 radical (unpaired) electrons. The number of benzene rings is 1. The van der Waals surface area contributed by atoms with Crippen LogP contribution in [0.3, 0.4) is 0 Å². The third-order valence-corrected chi connectivity index (χ3v) is 4.00. The summed E-state index contributed by atoms with van der Waals surface area (Å²) in [6.07, 6.45) is 0. The number of carbonyl (C=O) groups excluding carboxylic acids is 1. The van der Waals surface area contributed by atoms with Crippen LogP contribution in [0.15, 0.2) is 28.8 Å². The van der Waals surface area contributed by atoms with E-state index in [0.29, 0.717) is 30.4 Å². The highest BCUT2D eigenvalue weighted by molar-refractivity contribution is 5.97. The first-order valence-electron chi connectivity index (χ1n) is 8.03. The lowest BCUT2D eigenvalue weighted by atomic mass is 10.1. The molecule has 0 bridgehead atoms. The van der Waals surface area contributed by atoms with E-state index in [1.807, 2.05) is 13.8 Å². The summed E-state index contributed by atoms with van der Waals surface area (Å²) in [5.41, 5.74) is 0.372. The lowest BCUT2D eigenvalue weighted by Gasteiger charge is -2.33. The molecule has 1 unspecified atom stereocenters. The van der Waals surface area contributed by atoms with Gasteiger partial charge in [-0.15, -0.1) is 0 Å². The van der Waals surface area contributed by atoms with Crippen molar-refractivity contribution >= 4 is 11.9 Å². The van der Waals surface area contributed by atoms with E-state index in [1.54, 1.807) is 17.0 Å². The van der Waals surface area contributed by atoms with Gasteiger partial charge in [-0.3, -0.25) is 4.79 Å². The molecule has 8 nitrogen and oxygen atoms in total. The van der Waals surface area contributed by atoms with Gasteiger partial charge in [0.2, 0.25) is 5.89 Å². The van der Waals surface area contributed by atoms with Crippen molar-refractivity contribution < 1.29 is 24.0 Å². The minimum Gasteiger partial charge on any atom is -0.478 e. The number of nitrogens with zero attached hydrogens (tertiary/aromatic N) is 3. The fourth-order valence-corrected chi connectivity index (χ4v) is 2.63. The van der Waals surface area contributed by atoms with Crippen LogP contribution in [0.2, 0.25) is 0 Å². The first-order chi connectivity index (χ1) is 12.0. The molecule has 2 heterocycles. The van der Waals surface area contributed by atoms with Crippen LogP contribution in [0.4, 0.5) is 0 Å². The fourth-order valence-electron chi connectivity index (χ4n) is 2.63. The number of aromatic carboxylic acids is 1. The summed E-state index contributed by atoms with van der Waals surface area (Å²) in [7, 11) is 0. The monoisotopic (exact) mass is 345 g/mol. The molecule has 1 fully saturated rings. The molecule has 0 aliphatic carbocycles. The van der Waals surface area contributed by atoms with Crippen LogP contribution in [0.5, 0.6) is 0 Å². The molecule has 1 saturated heterocycles. The van der Waals surface area contributed by atoms with E-state index >= 15 is 0 Å². The highest BCUT2D eigenvalue weighted by Gasteiger charge is 2.33. The zero-order chi connectivity index (χ0) is 18.0. The van der Waals surface area contributed by atoms with Crippen molar-refractivity contribution in [2.24, 2.45) is 0 Å². The van der Waals surface area contributed by atoms with Gasteiger partial charge in [-0.05, 0) is 18.2 Å². The molecule has 3 rings (SSSR count). The van der Waals surface area contributed by atoms with Gasteiger partial charge in [-0.2, -0.15) is 4.98 Å². The Labute approximate surface area is 144 Å². The zero-order valence-corrected chi connectivity index (χ0v) is 14.0. The molecule has 8 heteroatoms. The van der Waals surface area contributed by atoms with Gasteiger partial charge in [0.05, 0.1) is 18.8 Å². The van der Waals surface area contributed by atoms with E-state index in [4.69, 9.17) is 14.4 Å². The third-order valence-electron chi connectivity index (χ3n) is 4.00. The van der Waals surface area contributed by atoms with Gasteiger partial charge in [0, 0.05) is 18.0 Å². The summed E-state index contributed by atoms with van der Waals surface area (Å²) in [4.78, 5) is 30.0. The lowest BCUT2D eigenvalue weighted by molar-refractivity contribution is -0.00577. The largest absolute Gasteiger partial charge is 0.478 e. The molecule has 0 spiro atoms. The van der Waals surface area contributed by atoms with Crippen molar-refractivity contribution in [1.29, 1.82) is 0 Å². The number of rotatable bonds is 4. The van der Waals surface area contributed by atoms with Gasteiger partial charge < -0.3 is 19.3 Å². The van der Waals surface area contributed by atoms with E-state index in [-0.39, 0.29) is 24.0 Å². The number of ether oxygens (including phenoxy) is 1. The molecule has 1 aliphatic heterocycles. The Morgan fingerprint density at radius 1 is 1.32 bits per heavy atom. The molecule has 1 aromatic heterocycles. The zero-order valence-electron chi connectivity index (χ0n) is 14.0. The van der Waals surface area contributed by atoms with Crippen molar-refractivity contribution in [2.75, 3.05) is 19.8 Å². The maximum atomic E-state index is 12.9. The van der Waals surface area contributed by atoms with Gasteiger partial charge in [0.1, 0.15) is 6.04 Å². The van der Waals surface area contributed by atoms with Crippen molar-refractivity contribution in [2.45, 2.75) is 25.8 Å². The molecule has 0 saturated carbocycles. The van der Waals surface area contributed by atoms with Crippen molar-refractivity contribution in [1.82, 2.24) is 15.0 Å². The summed E-state index contributed by atoms with van der Waals surface area (Å²) >= 11 is 0. The smallest absolute Gasteiger partial charge is 0.335 e. The van der Waals surface area contributed by atoms with E-state index < -0.39 is 12.0 Å². The fraction of sp³-hybridized carbons (Fsp3) is 0.412. The SMILES string of the molecule is CC(C)c1nc(C2COCCN2C(=O)c2cccc(C(=O)O)c2)no1. The lowest BCUT2D eigenvalue weighted by Crippen LogP contribution is -2.43. The highest BCUT2D eigenvalue weighted by atomic mass is 16.5. The van der Waals surface area contributed by atoms with Gasteiger partial charge in [-0.25, -0.2) is 4.79 Å². The van der Waals surface area contributed by atoms with Crippen LogP contribution >= 0.6 is 0 Å². The predicted octanol–water partition coefficient (Wildman–Crippen LogP) is 2.10. The van der Waals surface area contributed by atoms with Gasteiger partial charge in [0.25, 0.3) is 5.91 Å². The molecule has 1 N–H and O–H groups in total. The number of carboxylic acid groups (broad SMARTS) is 1. The Bertz CT molecular complexity index is 786. The van der Waals surface area contributed by atoms with E-state index in [9.17, 15) is 9.59 Å². The maximum absolute atomic E-state index is 12.9. The molecule has 132 valence electrons. The molecule has 2 aromatic rings. The minimum absolute atomic E-state index is 0.0670. The molecule has 25 heavy (non-hydrogen) atoms. The quantitative estimate of drug-likeness (QED) is 0.904. The van der Waals surface area contributed by atoms with E-state index in [2.05, 4.69) is 10.1 Å². The summed E-state index contributed by atoms with van der Waals surface area (Å²) in [5.74, 6) is -0.380. The third kappa shape index (κ3) is 3.53. The van der Waals surface area contributed by atoms with Crippen LogP contribution < -0.4 is 0 Å². The van der Waals surface area contributed by atoms with E-state index in [0.717, 1.165) is 0 Å². The maximum Gasteiger partial charge on any atom is 0.335 e. The average Bonchev–Trinajstić information content (AvgIpc) is 3.11. The molecular weight excluding hydrogens is 326 g/mol. The number of aromatic nitrogens is 2. The first kappa shape index (κ1) is 17.1. The van der Waals surface area contributed by atoms with Crippen LogP contribution in [0.1, 0.15) is 58.2 Å². The second-order valence-electron chi connectivity index (χ2n) is 6.12. The van der Waals surface area contributed by atoms with Crippen molar-refractivity contribution in [3.63, 3.8) is 0 Å². The van der Waals surface area contributed by atoms with Crippen LogP contribution in [-0.4, -0.2) is 51.8 Å². The Morgan fingerprint density at radius 3 is 2.76 bits per heavy atom. The Kier molecular flexibility index (Phi) is 4.80. The van der Waals surface area contributed by atoms with Gasteiger partial charge in [-0.1, -0.05) is 25.1 Å². The number of amides is 1. The van der Waals surface area contributed by atoms with Crippen LogP contribution in [-0.2, 0) is 4.74 Å². The number of hydrogen-bond acceptors (Lipinski definition) is 6. The second-order valence-corrected chi connectivity index (χ2v) is 6.12. The molecule has 1 aliphatic rings. The minimum atomic E-state index is -1.08. The summed E-state index contributed by atoms with van der Waals surface area (Å²) in [6, 6.07) is 5.50. The Hall–Kier alpha value is -2.74. The molecule has 1 amide bonds. The number of morpholine rings is 1. The normalized spacial score (nSPS) is 17.7. The summed E-state index contributed by atoms with van der Waals surface area (Å²) in [5, 5.41) is 13.1. The van der Waals surface area contributed by atoms with Crippen molar-refractivity contribution in [3.8, 4) is 0 Å². The molecule has 1 atom stereocenters. The number of hydrogen-bond donors (Lipinski definition) is 1. The Balaban J connectivity index is 1.88. The van der Waals surface area contributed by atoms with Crippen molar-refractivity contribution in [3.05, 3.63) is 47.1 Å². The molecular formula is C17H19N3O5. The van der Waals surface area contributed by atoms with Gasteiger partial charge >= 0.3 is 5.97 Å². The predicted molar refractivity (Wildman–Crippen MR) is 86.4 cm³/mol. The topological polar surface area (TPSA) is 106 Å². The molecule has 1 aromatic carbocycles. The number of carboxylic acids is 1. The van der Waals surface area contributed by atoms with E-state index in [1.165, 1.54) is 12.1 Å². The summed E-state index contributed by atoms with van der Waals surface area (Å²) < 4.78 is 10.7. The average molecular weight is 345 g/mol. The standard InChI is InChI=1S/C17H19N3O5/c1-10(2)15-18-14(19-25-15)13-9-24-7-6-20(13)16(21)11-4-3-5-12(8-11)17(22)23/h3-5,8,10,13H,6-7,9H2,1-2H3,(H,22,23).